The van der Waals surface area contributed by atoms with Gasteiger partial charge in [-0.2, -0.15) is 5.26 Å². The van der Waals surface area contributed by atoms with Crippen LogP contribution >= 0.6 is 11.3 Å². The van der Waals surface area contributed by atoms with E-state index >= 15 is 0 Å². The van der Waals surface area contributed by atoms with Crippen molar-refractivity contribution in [2.75, 3.05) is 5.32 Å². The molecule has 2 aromatic heterocycles. The van der Waals surface area contributed by atoms with Gasteiger partial charge in [-0.05, 0) is 29.8 Å². The molecule has 4 aromatic rings. The molecule has 0 bridgehead atoms. The number of carbonyl (C=O) groups is 1. The summed E-state index contributed by atoms with van der Waals surface area (Å²) in [6.45, 7) is -0.158. The lowest BCUT2D eigenvalue weighted by molar-refractivity contribution is -0.116. The monoisotopic (exact) mass is 386 g/mol. The predicted octanol–water partition coefficient (Wildman–Crippen LogP) is 3.64. The van der Waals surface area contributed by atoms with E-state index in [0.717, 1.165) is 10.4 Å². The molecule has 28 heavy (non-hydrogen) atoms. The summed E-state index contributed by atoms with van der Waals surface area (Å²) in [5, 5.41) is 12.1. The summed E-state index contributed by atoms with van der Waals surface area (Å²) in [6.07, 6.45) is 1.39. The van der Waals surface area contributed by atoms with E-state index in [4.69, 9.17) is 5.26 Å². The smallest absolute Gasteiger partial charge is 0.262 e. The summed E-state index contributed by atoms with van der Waals surface area (Å²) in [5.41, 5.74) is 1.72. The molecule has 1 N–H and O–H groups in total. The topological polar surface area (TPSA) is 87.8 Å². The third-order valence-electron chi connectivity index (χ3n) is 4.17. The van der Waals surface area contributed by atoms with Gasteiger partial charge in [-0.1, -0.05) is 36.4 Å². The first-order chi connectivity index (χ1) is 13.6. The molecule has 2 aromatic carbocycles. The highest BCUT2D eigenvalue weighted by Gasteiger charge is 2.12. The van der Waals surface area contributed by atoms with Crippen molar-refractivity contribution >= 4 is 33.1 Å². The fourth-order valence-electron chi connectivity index (χ4n) is 2.84. The lowest BCUT2D eigenvalue weighted by atomic mass is 10.2. The molecular formula is C21H14N4O2S. The number of fused-ring (bicyclic) bond motifs is 1. The van der Waals surface area contributed by atoms with E-state index in [1.165, 1.54) is 22.2 Å². The molecule has 136 valence electrons. The minimum Gasteiger partial charge on any atom is -0.324 e. The molecule has 0 aliphatic carbocycles. The van der Waals surface area contributed by atoms with Crippen molar-refractivity contribution in [1.82, 2.24) is 9.55 Å². The maximum Gasteiger partial charge on any atom is 0.262 e. The van der Waals surface area contributed by atoms with E-state index in [2.05, 4.69) is 10.3 Å². The molecule has 0 spiro atoms. The number of carbonyl (C=O) groups excluding carboxylic acids is 1. The largest absolute Gasteiger partial charge is 0.324 e. The molecule has 0 atom stereocenters. The van der Waals surface area contributed by atoms with Crippen molar-refractivity contribution in [3.63, 3.8) is 0 Å². The Morgan fingerprint density at radius 1 is 1.14 bits per heavy atom. The average Bonchev–Trinajstić information content (AvgIpc) is 3.16. The SMILES string of the molecule is N#Cc1cccc(NC(=O)Cn2cnc3sc(-c4ccccc4)cc3c2=O)c1. The standard InChI is InChI=1S/C21H14N4O2S/c22-11-14-5-4-8-16(9-14)24-19(26)12-25-13-23-20-17(21(25)27)10-18(28-20)15-6-2-1-3-7-15/h1-10,13H,12H2,(H,24,26). The van der Waals surface area contributed by atoms with Gasteiger partial charge < -0.3 is 5.32 Å². The third kappa shape index (κ3) is 3.54. The Hall–Kier alpha value is -3.76. The predicted molar refractivity (Wildman–Crippen MR) is 109 cm³/mol. The van der Waals surface area contributed by atoms with E-state index < -0.39 is 0 Å². The van der Waals surface area contributed by atoms with Crippen LogP contribution < -0.4 is 10.9 Å². The molecule has 0 aliphatic heterocycles. The first-order valence-electron chi connectivity index (χ1n) is 8.48. The van der Waals surface area contributed by atoms with Gasteiger partial charge in [-0.25, -0.2) is 4.98 Å². The molecule has 6 nitrogen and oxygen atoms in total. The summed E-state index contributed by atoms with van der Waals surface area (Å²) in [4.78, 5) is 31.0. The van der Waals surface area contributed by atoms with Gasteiger partial charge in [0.05, 0.1) is 23.3 Å². The zero-order valence-electron chi connectivity index (χ0n) is 14.6. The number of amides is 1. The van der Waals surface area contributed by atoms with E-state index in [-0.39, 0.29) is 18.0 Å². The zero-order chi connectivity index (χ0) is 19.5. The number of anilines is 1. The fraction of sp³-hybridized carbons (Fsp3) is 0.0476. The summed E-state index contributed by atoms with van der Waals surface area (Å²) in [6, 6.07) is 20.2. The van der Waals surface area contributed by atoms with Crippen LogP contribution in [0.3, 0.4) is 0 Å². The molecule has 0 unspecified atom stereocenters. The fourth-order valence-corrected chi connectivity index (χ4v) is 3.83. The van der Waals surface area contributed by atoms with Gasteiger partial charge in [0, 0.05) is 10.6 Å². The number of benzene rings is 2. The number of nitrogens with zero attached hydrogens (tertiary/aromatic N) is 3. The number of nitriles is 1. The van der Waals surface area contributed by atoms with Gasteiger partial charge >= 0.3 is 0 Å². The van der Waals surface area contributed by atoms with Crippen molar-refractivity contribution in [2.45, 2.75) is 6.54 Å². The third-order valence-corrected chi connectivity index (χ3v) is 5.26. The lowest BCUT2D eigenvalue weighted by Crippen LogP contribution is -2.27. The molecule has 4 rings (SSSR count). The van der Waals surface area contributed by atoms with Crippen molar-refractivity contribution < 1.29 is 4.79 Å². The van der Waals surface area contributed by atoms with E-state index in [9.17, 15) is 9.59 Å². The van der Waals surface area contributed by atoms with Gasteiger partial charge in [-0.15, -0.1) is 11.3 Å². The van der Waals surface area contributed by atoms with Crippen LogP contribution in [0.5, 0.6) is 0 Å². The normalized spacial score (nSPS) is 10.5. The second-order valence-electron chi connectivity index (χ2n) is 6.11. The highest BCUT2D eigenvalue weighted by Crippen LogP contribution is 2.30. The maximum atomic E-state index is 12.8. The summed E-state index contributed by atoms with van der Waals surface area (Å²) in [7, 11) is 0. The van der Waals surface area contributed by atoms with Gasteiger partial charge in [0.1, 0.15) is 11.4 Å². The molecule has 0 radical (unpaired) electrons. The molecule has 0 saturated heterocycles. The Labute approximate surface area is 164 Å². The number of aromatic nitrogens is 2. The van der Waals surface area contributed by atoms with Crippen LogP contribution in [-0.2, 0) is 11.3 Å². The highest BCUT2D eigenvalue weighted by molar-refractivity contribution is 7.21. The Morgan fingerprint density at radius 2 is 1.96 bits per heavy atom. The summed E-state index contributed by atoms with van der Waals surface area (Å²) in [5.74, 6) is -0.364. The number of rotatable bonds is 4. The molecule has 1 amide bonds. The zero-order valence-corrected chi connectivity index (χ0v) is 15.4. The molecule has 2 heterocycles. The average molecular weight is 386 g/mol. The van der Waals surface area contributed by atoms with E-state index in [1.54, 1.807) is 24.3 Å². The molecule has 0 saturated carbocycles. The van der Waals surface area contributed by atoms with Crippen molar-refractivity contribution in [3.05, 3.63) is 82.9 Å². The van der Waals surface area contributed by atoms with Crippen molar-refractivity contribution in [2.24, 2.45) is 0 Å². The second kappa shape index (κ2) is 7.47. The summed E-state index contributed by atoms with van der Waals surface area (Å²) < 4.78 is 1.29. The minimum atomic E-state index is -0.364. The first-order valence-corrected chi connectivity index (χ1v) is 9.30. The highest BCUT2D eigenvalue weighted by atomic mass is 32.1. The van der Waals surface area contributed by atoms with Crippen LogP contribution in [0, 0.1) is 11.3 Å². The van der Waals surface area contributed by atoms with E-state index in [0.29, 0.717) is 21.5 Å². The van der Waals surface area contributed by atoms with Crippen LogP contribution in [0.2, 0.25) is 0 Å². The molecule has 0 fully saturated rings. The van der Waals surface area contributed by atoms with Crippen molar-refractivity contribution in [3.8, 4) is 16.5 Å². The van der Waals surface area contributed by atoms with E-state index in [1.807, 2.05) is 42.5 Å². The van der Waals surface area contributed by atoms with Gasteiger partial charge in [0.15, 0.2) is 0 Å². The Kier molecular flexibility index (Phi) is 4.70. The number of hydrogen-bond acceptors (Lipinski definition) is 5. The molecule has 0 aliphatic rings. The lowest BCUT2D eigenvalue weighted by Gasteiger charge is -2.07. The maximum absolute atomic E-state index is 12.8. The van der Waals surface area contributed by atoms with Gasteiger partial charge in [0.2, 0.25) is 5.91 Å². The number of thiophene rings is 1. The Bertz CT molecular complexity index is 1270. The van der Waals surface area contributed by atoms with Crippen LogP contribution in [0.4, 0.5) is 5.69 Å². The van der Waals surface area contributed by atoms with Gasteiger partial charge in [0.25, 0.3) is 5.56 Å². The first kappa shape index (κ1) is 17.6. The molecule has 7 heteroatoms. The summed E-state index contributed by atoms with van der Waals surface area (Å²) >= 11 is 1.44. The van der Waals surface area contributed by atoms with Gasteiger partial charge in [-0.3, -0.25) is 14.2 Å². The van der Waals surface area contributed by atoms with Crippen LogP contribution in [-0.4, -0.2) is 15.5 Å². The molecular weight excluding hydrogens is 372 g/mol. The van der Waals surface area contributed by atoms with Crippen LogP contribution in [0.15, 0.2) is 71.8 Å². The Balaban J connectivity index is 1.59. The van der Waals surface area contributed by atoms with Crippen LogP contribution in [0.1, 0.15) is 5.56 Å². The van der Waals surface area contributed by atoms with Crippen molar-refractivity contribution in [1.29, 1.82) is 5.26 Å². The number of hydrogen-bond donors (Lipinski definition) is 1. The second-order valence-corrected chi connectivity index (χ2v) is 7.14. The number of nitrogens with one attached hydrogen (secondary N) is 1. The van der Waals surface area contributed by atoms with Crippen LogP contribution in [0.25, 0.3) is 20.7 Å². The minimum absolute atomic E-state index is 0.158. The Morgan fingerprint density at radius 3 is 2.75 bits per heavy atom. The quantitative estimate of drug-likeness (QED) is 0.580.